The molecule has 0 aliphatic carbocycles. The van der Waals surface area contributed by atoms with Crippen molar-refractivity contribution in [3.05, 3.63) is 11.7 Å². The van der Waals surface area contributed by atoms with Crippen molar-refractivity contribution in [2.45, 2.75) is 39.7 Å². The van der Waals surface area contributed by atoms with E-state index in [-0.39, 0.29) is 11.9 Å². The number of hydrogen-bond acceptors (Lipinski definition) is 6. The quantitative estimate of drug-likeness (QED) is 0.764. The first-order valence-electron chi connectivity index (χ1n) is 7.20. The number of nitrogens with zero attached hydrogens (tertiary/aromatic N) is 3. The van der Waals surface area contributed by atoms with E-state index in [4.69, 9.17) is 9.26 Å². The Morgan fingerprint density at radius 1 is 1.55 bits per heavy atom. The van der Waals surface area contributed by atoms with Gasteiger partial charge in [-0.25, -0.2) is 0 Å². The first-order valence-corrected chi connectivity index (χ1v) is 7.20. The summed E-state index contributed by atoms with van der Waals surface area (Å²) in [7, 11) is 1.44. The van der Waals surface area contributed by atoms with Crippen molar-refractivity contribution in [3.63, 3.8) is 0 Å². The van der Waals surface area contributed by atoms with Crippen molar-refractivity contribution in [3.8, 4) is 0 Å². The molecule has 2 heterocycles. The van der Waals surface area contributed by atoms with Crippen molar-refractivity contribution < 1.29 is 14.1 Å². The highest BCUT2D eigenvalue weighted by atomic mass is 16.5. The van der Waals surface area contributed by atoms with Gasteiger partial charge in [-0.2, -0.15) is 4.98 Å². The molecule has 0 saturated carbocycles. The molecule has 1 aromatic heterocycles. The topological polar surface area (TPSA) is 68.5 Å². The summed E-state index contributed by atoms with van der Waals surface area (Å²) in [6.07, 6.45) is 2.71. The van der Waals surface area contributed by atoms with Crippen LogP contribution in [0.25, 0.3) is 0 Å². The van der Waals surface area contributed by atoms with Gasteiger partial charge in [-0.1, -0.05) is 19.0 Å². The first kappa shape index (κ1) is 15.0. The van der Waals surface area contributed by atoms with Crippen LogP contribution in [-0.2, 0) is 22.5 Å². The maximum atomic E-state index is 11.6. The molecule has 1 aromatic rings. The molecule has 0 spiro atoms. The van der Waals surface area contributed by atoms with E-state index in [0.717, 1.165) is 31.6 Å². The van der Waals surface area contributed by atoms with Gasteiger partial charge in [0, 0.05) is 13.0 Å². The molecule has 112 valence electrons. The normalized spacial score (nSPS) is 20.3. The molecule has 6 heteroatoms. The molecule has 1 unspecified atom stereocenters. The minimum absolute atomic E-state index is 0.0354. The van der Waals surface area contributed by atoms with Gasteiger partial charge < -0.3 is 9.26 Å². The molecule has 2 rings (SSSR count). The number of ether oxygens (including phenoxy) is 1. The highest BCUT2D eigenvalue weighted by molar-refractivity contribution is 5.72. The van der Waals surface area contributed by atoms with Gasteiger partial charge >= 0.3 is 5.97 Å². The second-order valence-corrected chi connectivity index (χ2v) is 5.80. The lowest BCUT2D eigenvalue weighted by atomic mass is 9.98. The summed E-state index contributed by atoms with van der Waals surface area (Å²) in [5.74, 6) is 1.74. The largest absolute Gasteiger partial charge is 0.469 e. The lowest BCUT2D eigenvalue weighted by Gasteiger charge is -2.29. The van der Waals surface area contributed by atoms with Gasteiger partial charge in [0.05, 0.1) is 19.6 Å². The molecule has 1 aliphatic heterocycles. The number of methoxy groups -OCH3 is 1. The summed E-state index contributed by atoms with van der Waals surface area (Å²) < 4.78 is 10.1. The SMILES string of the molecule is COC(=O)C1CCCN(Cc2nc(CC(C)C)no2)C1. The minimum atomic E-state index is -0.124. The van der Waals surface area contributed by atoms with Crippen LogP contribution in [0.15, 0.2) is 4.52 Å². The smallest absolute Gasteiger partial charge is 0.309 e. The third-order valence-corrected chi connectivity index (χ3v) is 3.50. The van der Waals surface area contributed by atoms with Crippen LogP contribution in [0.2, 0.25) is 0 Å². The molecule has 0 aromatic carbocycles. The van der Waals surface area contributed by atoms with Gasteiger partial charge in [0.1, 0.15) is 0 Å². The Morgan fingerprint density at radius 3 is 3.05 bits per heavy atom. The van der Waals surface area contributed by atoms with E-state index in [1.165, 1.54) is 7.11 Å². The van der Waals surface area contributed by atoms with Crippen LogP contribution < -0.4 is 0 Å². The van der Waals surface area contributed by atoms with Crippen molar-refractivity contribution in [1.82, 2.24) is 15.0 Å². The van der Waals surface area contributed by atoms with Crippen LogP contribution in [0.5, 0.6) is 0 Å². The Morgan fingerprint density at radius 2 is 2.35 bits per heavy atom. The van der Waals surface area contributed by atoms with Crippen molar-refractivity contribution in [2.75, 3.05) is 20.2 Å². The summed E-state index contributed by atoms with van der Waals surface area (Å²) in [6, 6.07) is 0. The number of hydrogen-bond donors (Lipinski definition) is 0. The third kappa shape index (κ3) is 4.03. The number of aromatic nitrogens is 2. The highest BCUT2D eigenvalue weighted by Gasteiger charge is 2.27. The molecule has 0 bridgehead atoms. The Bertz CT molecular complexity index is 445. The number of carbonyl (C=O) groups is 1. The van der Waals surface area contributed by atoms with Gasteiger partial charge in [0.25, 0.3) is 0 Å². The van der Waals surface area contributed by atoms with Crippen LogP contribution in [0.3, 0.4) is 0 Å². The Kier molecular flexibility index (Phi) is 5.11. The fourth-order valence-electron chi connectivity index (χ4n) is 2.55. The lowest BCUT2D eigenvalue weighted by molar-refractivity contribution is -0.147. The fraction of sp³-hybridized carbons (Fsp3) is 0.786. The average Bonchev–Trinajstić information content (AvgIpc) is 2.84. The van der Waals surface area contributed by atoms with E-state index >= 15 is 0 Å². The van der Waals surface area contributed by atoms with E-state index in [9.17, 15) is 4.79 Å². The first-order chi connectivity index (χ1) is 9.58. The Balaban J connectivity index is 1.89. The van der Waals surface area contributed by atoms with E-state index < -0.39 is 0 Å². The molecule has 1 fully saturated rings. The van der Waals surface area contributed by atoms with E-state index in [1.54, 1.807) is 0 Å². The second-order valence-electron chi connectivity index (χ2n) is 5.80. The number of likely N-dealkylation sites (tertiary alicyclic amines) is 1. The number of rotatable bonds is 5. The zero-order chi connectivity index (χ0) is 14.5. The van der Waals surface area contributed by atoms with Crippen LogP contribution in [-0.4, -0.2) is 41.2 Å². The molecule has 1 saturated heterocycles. The maximum absolute atomic E-state index is 11.6. The Hall–Kier alpha value is -1.43. The minimum Gasteiger partial charge on any atom is -0.469 e. The van der Waals surface area contributed by atoms with E-state index in [2.05, 4.69) is 28.9 Å². The van der Waals surface area contributed by atoms with Crippen molar-refractivity contribution in [2.24, 2.45) is 11.8 Å². The van der Waals surface area contributed by atoms with Gasteiger partial charge in [-0.15, -0.1) is 0 Å². The van der Waals surface area contributed by atoms with Crippen LogP contribution in [0.4, 0.5) is 0 Å². The van der Waals surface area contributed by atoms with Gasteiger partial charge in [0.15, 0.2) is 5.82 Å². The maximum Gasteiger partial charge on any atom is 0.309 e. The molecule has 0 N–H and O–H groups in total. The van der Waals surface area contributed by atoms with Crippen LogP contribution in [0, 0.1) is 11.8 Å². The average molecular weight is 281 g/mol. The molecular formula is C14H23N3O3. The number of esters is 1. The molecule has 1 aliphatic rings. The molecule has 6 nitrogen and oxygen atoms in total. The van der Waals surface area contributed by atoms with E-state index in [1.807, 2.05) is 0 Å². The molecule has 20 heavy (non-hydrogen) atoms. The second kappa shape index (κ2) is 6.83. The fourth-order valence-corrected chi connectivity index (χ4v) is 2.55. The predicted octanol–water partition coefficient (Wildman–Crippen LogP) is 1.65. The number of carbonyl (C=O) groups excluding carboxylic acids is 1. The summed E-state index contributed by atoms with van der Waals surface area (Å²) in [4.78, 5) is 18.2. The van der Waals surface area contributed by atoms with Gasteiger partial charge in [-0.3, -0.25) is 9.69 Å². The summed E-state index contributed by atoms with van der Waals surface area (Å²) in [5, 5.41) is 3.99. The Labute approximate surface area is 119 Å². The predicted molar refractivity (Wildman–Crippen MR) is 72.9 cm³/mol. The molecule has 0 radical (unpaired) electrons. The summed E-state index contributed by atoms with van der Waals surface area (Å²) >= 11 is 0. The molecule has 1 atom stereocenters. The van der Waals surface area contributed by atoms with Crippen LogP contribution >= 0.6 is 0 Å². The summed E-state index contributed by atoms with van der Waals surface area (Å²) in [6.45, 7) is 6.52. The third-order valence-electron chi connectivity index (χ3n) is 3.50. The van der Waals surface area contributed by atoms with Gasteiger partial charge in [-0.05, 0) is 25.3 Å². The zero-order valence-electron chi connectivity index (χ0n) is 12.5. The summed E-state index contributed by atoms with van der Waals surface area (Å²) in [5.41, 5.74) is 0. The lowest BCUT2D eigenvalue weighted by Crippen LogP contribution is -2.38. The van der Waals surface area contributed by atoms with Crippen molar-refractivity contribution in [1.29, 1.82) is 0 Å². The highest BCUT2D eigenvalue weighted by Crippen LogP contribution is 2.19. The van der Waals surface area contributed by atoms with E-state index in [0.29, 0.717) is 24.9 Å². The number of piperidine rings is 1. The van der Waals surface area contributed by atoms with Gasteiger partial charge in [0.2, 0.25) is 5.89 Å². The molecule has 0 amide bonds. The standard InChI is InChI=1S/C14H23N3O3/c1-10(2)7-12-15-13(20-16-12)9-17-6-4-5-11(8-17)14(18)19-3/h10-11H,4-9H2,1-3H3. The monoisotopic (exact) mass is 281 g/mol. The molecular weight excluding hydrogens is 258 g/mol. The van der Waals surface area contributed by atoms with Crippen LogP contribution in [0.1, 0.15) is 38.4 Å². The zero-order valence-corrected chi connectivity index (χ0v) is 12.5. The van der Waals surface area contributed by atoms with Crippen molar-refractivity contribution >= 4 is 5.97 Å².